The molecule has 0 radical (unpaired) electrons. The zero-order chi connectivity index (χ0) is 20.8. The van der Waals surface area contributed by atoms with E-state index in [2.05, 4.69) is 5.32 Å². The van der Waals surface area contributed by atoms with E-state index in [4.69, 9.17) is 9.47 Å². The van der Waals surface area contributed by atoms with Crippen molar-refractivity contribution in [2.24, 2.45) is 0 Å². The number of benzene rings is 2. The van der Waals surface area contributed by atoms with Gasteiger partial charge in [-0.3, -0.25) is 9.59 Å². The second-order valence-corrected chi connectivity index (χ2v) is 7.77. The van der Waals surface area contributed by atoms with Crippen molar-refractivity contribution in [2.45, 2.75) is 44.1 Å². The van der Waals surface area contributed by atoms with Gasteiger partial charge in [-0.15, -0.1) is 0 Å². The second kappa shape index (κ2) is 9.87. The third kappa shape index (κ3) is 4.89. The maximum Gasteiger partial charge on any atom is 0.251 e. The molecule has 6 nitrogen and oxygen atoms in total. The molecule has 0 aromatic heterocycles. The third-order valence-corrected chi connectivity index (χ3v) is 5.75. The van der Waals surface area contributed by atoms with Gasteiger partial charge in [0.2, 0.25) is 5.91 Å². The van der Waals surface area contributed by atoms with Gasteiger partial charge >= 0.3 is 0 Å². The molecule has 1 N–H and O–H groups in total. The van der Waals surface area contributed by atoms with Crippen LogP contribution >= 0.6 is 0 Å². The Balaban J connectivity index is 1.50. The molecule has 0 bridgehead atoms. The normalized spacial score (nSPS) is 20.7. The summed E-state index contributed by atoms with van der Waals surface area (Å²) in [5.41, 5.74) is 1.49. The van der Waals surface area contributed by atoms with Gasteiger partial charge in [0, 0.05) is 12.1 Å². The molecule has 2 aliphatic heterocycles. The van der Waals surface area contributed by atoms with Crippen LogP contribution in [0, 0.1) is 0 Å². The fourth-order valence-electron chi connectivity index (χ4n) is 4.21. The monoisotopic (exact) mass is 408 g/mol. The molecule has 0 spiro atoms. The van der Waals surface area contributed by atoms with Crippen molar-refractivity contribution in [3.8, 4) is 0 Å². The van der Waals surface area contributed by atoms with Gasteiger partial charge < -0.3 is 19.7 Å². The SMILES string of the molecule is O=C(NC(CC(=O)N1CCCCC1C1OCCO1)c1ccccc1)c1ccccc1. The molecule has 2 amide bonds. The van der Waals surface area contributed by atoms with Crippen LogP contribution in [0.15, 0.2) is 60.7 Å². The molecule has 0 saturated carbocycles. The molecule has 2 aromatic rings. The molecule has 30 heavy (non-hydrogen) atoms. The summed E-state index contributed by atoms with van der Waals surface area (Å²) in [5, 5.41) is 3.06. The standard InChI is InChI=1S/C24H28N2O4/c27-22(26-14-8-7-13-21(26)24-29-15-16-30-24)17-20(18-9-3-1-4-10-18)25-23(28)19-11-5-2-6-12-19/h1-6,9-12,20-21,24H,7-8,13-17H2,(H,25,28). The van der Waals surface area contributed by atoms with E-state index in [1.165, 1.54) is 0 Å². The predicted octanol–water partition coefficient (Wildman–Crippen LogP) is 3.30. The molecule has 2 aromatic carbocycles. The van der Waals surface area contributed by atoms with Crippen LogP contribution in [0.25, 0.3) is 0 Å². The Morgan fingerprint density at radius 3 is 2.33 bits per heavy atom. The Kier molecular flexibility index (Phi) is 6.77. The first-order valence-electron chi connectivity index (χ1n) is 10.7. The van der Waals surface area contributed by atoms with Gasteiger partial charge in [0.15, 0.2) is 6.29 Å². The van der Waals surface area contributed by atoms with Crippen LogP contribution < -0.4 is 5.32 Å². The number of carbonyl (C=O) groups is 2. The third-order valence-electron chi connectivity index (χ3n) is 5.75. The number of hydrogen-bond donors (Lipinski definition) is 1. The predicted molar refractivity (Wildman–Crippen MR) is 113 cm³/mol. The number of hydrogen-bond acceptors (Lipinski definition) is 4. The lowest BCUT2D eigenvalue weighted by molar-refractivity contribution is -0.151. The fraction of sp³-hybridized carbons (Fsp3) is 0.417. The van der Waals surface area contributed by atoms with E-state index < -0.39 is 6.04 Å². The summed E-state index contributed by atoms with van der Waals surface area (Å²) in [5.74, 6) is -0.170. The number of likely N-dealkylation sites (tertiary alicyclic amines) is 1. The van der Waals surface area contributed by atoms with Gasteiger partial charge in [-0.1, -0.05) is 48.5 Å². The number of piperidine rings is 1. The Morgan fingerprint density at radius 1 is 0.967 bits per heavy atom. The molecule has 4 rings (SSSR count). The van der Waals surface area contributed by atoms with Gasteiger partial charge in [-0.25, -0.2) is 0 Å². The summed E-state index contributed by atoms with van der Waals surface area (Å²) >= 11 is 0. The van der Waals surface area contributed by atoms with Crippen molar-refractivity contribution < 1.29 is 19.1 Å². The van der Waals surface area contributed by atoms with Gasteiger partial charge in [0.1, 0.15) is 0 Å². The van der Waals surface area contributed by atoms with Crippen molar-refractivity contribution in [1.82, 2.24) is 10.2 Å². The summed E-state index contributed by atoms with van der Waals surface area (Å²) in [4.78, 5) is 28.0. The van der Waals surface area contributed by atoms with Crippen molar-refractivity contribution in [3.63, 3.8) is 0 Å². The van der Waals surface area contributed by atoms with Crippen LogP contribution in [0.4, 0.5) is 0 Å². The summed E-state index contributed by atoms with van der Waals surface area (Å²) in [6.07, 6.45) is 2.77. The second-order valence-electron chi connectivity index (χ2n) is 7.77. The lowest BCUT2D eigenvalue weighted by Crippen LogP contribution is -2.51. The summed E-state index contributed by atoms with van der Waals surface area (Å²) in [7, 11) is 0. The smallest absolute Gasteiger partial charge is 0.251 e. The van der Waals surface area contributed by atoms with Gasteiger partial charge in [-0.05, 0) is 37.0 Å². The van der Waals surface area contributed by atoms with Crippen LogP contribution in [-0.2, 0) is 14.3 Å². The van der Waals surface area contributed by atoms with Crippen LogP contribution in [0.5, 0.6) is 0 Å². The van der Waals surface area contributed by atoms with E-state index in [1.54, 1.807) is 12.1 Å². The van der Waals surface area contributed by atoms with E-state index in [9.17, 15) is 9.59 Å². The lowest BCUT2D eigenvalue weighted by atomic mass is 9.98. The average molecular weight is 408 g/mol. The first-order chi connectivity index (χ1) is 14.7. The minimum Gasteiger partial charge on any atom is -0.348 e. The minimum absolute atomic E-state index is 0.0148. The summed E-state index contributed by atoms with van der Waals surface area (Å²) in [6, 6.07) is 18.3. The highest BCUT2D eigenvalue weighted by molar-refractivity contribution is 5.94. The molecular weight excluding hydrogens is 380 g/mol. The highest BCUT2D eigenvalue weighted by atomic mass is 16.7. The Morgan fingerprint density at radius 2 is 1.63 bits per heavy atom. The average Bonchev–Trinajstić information content (AvgIpc) is 3.34. The van der Waals surface area contributed by atoms with E-state index in [-0.39, 0.29) is 30.6 Å². The largest absolute Gasteiger partial charge is 0.348 e. The Bertz CT molecular complexity index is 837. The molecule has 2 saturated heterocycles. The Hall–Kier alpha value is -2.70. The number of nitrogens with zero attached hydrogens (tertiary/aromatic N) is 1. The highest BCUT2D eigenvalue weighted by Gasteiger charge is 2.37. The molecule has 2 heterocycles. The molecule has 2 unspecified atom stereocenters. The topological polar surface area (TPSA) is 67.9 Å². The van der Waals surface area contributed by atoms with Crippen LogP contribution in [0.3, 0.4) is 0 Å². The van der Waals surface area contributed by atoms with E-state index in [0.29, 0.717) is 25.3 Å². The van der Waals surface area contributed by atoms with Gasteiger partial charge in [0.05, 0.1) is 31.7 Å². The summed E-state index contributed by atoms with van der Waals surface area (Å²) in [6.45, 7) is 1.84. The Labute approximate surface area is 177 Å². The van der Waals surface area contributed by atoms with Crippen LogP contribution in [0.2, 0.25) is 0 Å². The molecule has 6 heteroatoms. The number of rotatable bonds is 6. The van der Waals surface area contributed by atoms with E-state index >= 15 is 0 Å². The quantitative estimate of drug-likeness (QED) is 0.796. The van der Waals surface area contributed by atoms with E-state index in [0.717, 1.165) is 24.8 Å². The van der Waals surface area contributed by atoms with Gasteiger partial charge in [0.25, 0.3) is 5.91 Å². The maximum absolute atomic E-state index is 13.3. The molecule has 2 atom stereocenters. The van der Waals surface area contributed by atoms with Crippen molar-refractivity contribution in [2.75, 3.05) is 19.8 Å². The number of carbonyl (C=O) groups excluding carboxylic acids is 2. The van der Waals surface area contributed by atoms with Crippen LogP contribution in [-0.4, -0.2) is 48.8 Å². The number of amides is 2. The van der Waals surface area contributed by atoms with Crippen molar-refractivity contribution in [3.05, 3.63) is 71.8 Å². The maximum atomic E-state index is 13.3. The van der Waals surface area contributed by atoms with E-state index in [1.807, 2.05) is 53.4 Å². The summed E-state index contributed by atoms with van der Waals surface area (Å²) < 4.78 is 11.4. The van der Waals surface area contributed by atoms with Crippen molar-refractivity contribution in [1.29, 1.82) is 0 Å². The van der Waals surface area contributed by atoms with Gasteiger partial charge in [-0.2, -0.15) is 0 Å². The zero-order valence-corrected chi connectivity index (χ0v) is 17.0. The number of ether oxygens (including phenoxy) is 2. The molecule has 0 aliphatic carbocycles. The molecule has 2 aliphatic rings. The van der Waals surface area contributed by atoms with Crippen LogP contribution in [0.1, 0.15) is 47.6 Å². The highest BCUT2D eigenvalue weighted by Crippen LogP contribution is 2.27. The number of nitrogens with one attached hydrogen (secondary N) is 1. The zero-order valence-electron chi connectivity index (χ0n) is 17.0. The fourth-order valence-corrected chi connectivity index (χ4v) is 4.21. The first kappa shape index (κ1) is 20.6. The molecular formula is C24H28N2O4. The molecule has 2 fully saturated rings. The first-order valence-corrected chi connectivity index (χ1v) is 10.7. The minimum atomic E-state index is -0.403. The lowest BCUT2D eigenvalue weighted by Gasteiger charge is -2.38. The van der Waals surface area contributed by atoms with Crippen molar-refractivity contribution >= 4 is 11.8 Å². The molecule has 158 valence electrons.